The fourth-order valence-electron chi connectivity index (χ4n) is 3.05. The first kappa shape index (κ1) is 7.60. The van der Waals surface area contributed by atoms with Gasteiger partial charge in [-0.15, -0.1) is 0 Å². The molecule has 64 valence electrons. The average Bonchev–Trinajstić information content (AvgIpc) is 2.46. The van der Waals surface area contributed by atoms with Gasteiger partial charge in [0, 0.05) is 0 Å². The number of fused-ring (bicyclic) bond motifs is 1. The van der Waals surface area contributed by atoms with Crippen molar-refractivity contribution in [3.8, 4) is 0 Å². The van der Waals surface area contributed by atoms with E-state index < -0.39 is 0 Å². The number of nitrogens with two attached hydrogens (primary N) is 1. The van der Waals surface area contributed by atoms with Crippen molar-refractivity contribution in [2.45, 2.75) is 38.5 Å². The van der Waals surface area contributed by atoms with Gasteiger partial charge in [-0.2, -0.15) is 0 Å². The summed E-state index contributed by atoms with van der Waals surface area (Å²) in [5.74, 6) is 3.01. The van der Waals surface area contributed by atoms with Crippen molar-refractivity contribution in [2.24, 2.45) is 23.5 Å². The monoisotopic (exact) mass is 153 g/mol. The SMILES string of the molecule is NCC1CC2CCCCC2C1. The molecule has 2 rings (SSSR count). The van der Waals surface area contributed by atoms with Crippen molar-refractivity contribution >= 4 is 0 Å². The van der Waals surface area contributed by atoms with E-state index in [2.05, 4.69) is 0 Å². The summed E-state index contributed by atoms with van der Waals surface area (Å²) in [7, 11) is 0. The second-order valence-electron chi connectivity index (χ2n) is 4.38. The maximum atomic E-state index is 5.69. The summed E-state index contributed by atoms with van der Waals surface area (Å²) in [5.41, 5.74) is 5.69. The molecule has 1 nitrogen and oxygen atoms in total. The van der Waals surface area contributed by atoms with Crippen LogP contribution in [0.5, 0.6) is 0 Å². The molecule has 2 unspecified atom stereocenters. The van der Waals surface area contributed by atoms with Crippen molar-refractivity contribution in [2.75, 3.05) is 6.54 Å². The van der Waals surface area contributed by atoms with Crippen LogP contribution in [0.3, 0.4) is 0 Å². The molecular weight excluding hydrogens is 134 g/mol. The van der Waals surface area contributed by atoms with Gasteiger partial charge in [-0.25, -0.2) is 0 Å². The van der Waals surface area contributed by atoms with Crippen LogP contribution in [0.15, 0.2) is 0 Å². The van der Waals surface area contributed by atoms with Crippen LogP contribution in [0.4, 0.5) is 0 Å². The molecule has 2 aliphatic rings. The van der Waals surface area contributed by atoms with Crippen LogP contribution < -0.4 is 5.73 Å². The van der Waals surface area contributed by atoms with Gasteiger partial charge in [0.2, 0.25) is 0 Å². The summed E-state index contributed by atoms with van der Waals surface area (Å²) in [6, 6.07) is 0. The van der Waals surface area contributed by atoms with E-state index in [1.807, 2.05) is 0 Å². The fraction of sp³-hybridized carbons (Fsp3) is 1.00. The maximum absolute atomic E-state index is 5.69. The van der Waals surface area contributed by atoms with Gasteiger partial charge in [0.25, 0.3) is 0 Å². The third kappa shape index (κ3) is 1.44. The minimum absolute atomic E-state index is 0.878. The zero-order valence-corrected chi connectivity index (χ0v) is 7.26. The second-order valence-corrected chi connectivity index (χ2v) is 4.38. The van der Waals surface area contributed by atoms with E-state index in [-0.39, 0.29) is 0 Å². The molecule has 2 saturated carbocycles. The average molecular weight is 153 g/mol. The lowest BCUT2D eigenvalue weighted by Gasteiger charge is -2.24. The van der Waals surface area contributed by atoms with Crippen molar-refractivity contribution in [3.63, 3.8) is 0 Å². The van der Waals surface area contributed by atoms with E-state index >= 15 is 0 Å². The van der Waals surface area contributed by atoms with Gasteiger partial charge in [-0.1, -0.05) is 25.7 Å². The van der Waals surface area contributed by atoms with Crippen molar-refractivity contribution in [3.05, 3.63) is 0 Å². The first-order valence-corrected chi connectivity index (χ1v) is 5.10. The van der Waals surface area contributed by atoms with E-state index in [4.69, 9.17) is 5.73 Å². The Balaban J connectivity index is 1.92. The van der Waals surface area contributed by atoms with Crippen LogP contribution >= 0.6 is 0 Å². The second kappa shape index (κ2) is 3.14. The van der Waals surface area contributed by atoms with Gasteiger partial charge >= 0.3 is 0 Å². The zero-order valence-electron chi connectivity index (χ0n) is 7.26. The highest BCUT2D eigenvalue weighted by molar-refractivity contribution is 4.86. The summed E-state index contributed by atoms with van der Waals surface area (Å²) in [6.07, 6.45) is 8.86. The molecule has 0 spiro atoms. The lowest BCUT2D eigenvalue weighted by molar-refractivity contribution is 0.277. The molecule has 2 aliphatic carbocycles. The third-order valence-corrected chi connectivity index (χ3v) is 3.67. The molecule has 1 heteroatoms. The Morgan fingerprint density at radius 2 is 1.55 bits per heavy atom. The fourth-order valence-corrected chi connectivity index (χ4v) is 3.05. The van der Waals surface area contributed by atoms with Crippen molar-refractivity contribution < 1.29 is 0 Å². The zero-order chi connectivity index (χ0) is 7.68. The summed E-state index contributed by atoms with van der Waals surface area (Å²) in [6.45, 7) is 0.938. The molecule has 0 bridgehead atoms. The van der Waals surface area contributed by atoms with E-state index in [0.29, 0.717) is 0 Å². The Kier molecular flexibility index (Phi) is 2.17. The lowest BCUT2D eigenvalue weighted by Crippen LogP contribution is -2.12. The first-order chi connectivity index (χ1) is 5.40. The molecule has 0 radical (unpaired) electrons. The van der Waals surface area contributed by atoms with Crippen molar-refractivity contribution in [1.82, 2.24) is 0 Å². The standard InChI is InChI=1S/C10H19N/c11-7-8-5-9-3-1-2-4-10(9)6-8/h8-10H,1-7,11H2. The lowest BCUT2D eigenvalue weighted by atomic mass is 9.82. The van der Waals surface area contributed by atoms with Crippen LogP contribution in [0.2, 0.25) is 0 Å². The molecule has 11 heavy (non-hydrogen) atoms. The molecule has 0 amide bonds. The predicted octanol–water partition coefficient (Wildman–Crippen LogP) is 2.16. The minimum Gasteiger partial charge on any atom is -0.330 e. The van der Waals surface area contributed by atoms with Crippen LogP contribution in [0.25, 0.3) is 0 Å². The normalized spacial score (nSPS) is 43.9. The molecule has 2 atom stereocenters. The Morgan fingerprint density at radius 1 is 1.00 bits per heavy atom. The summed E-state index contributed by atoms with van der Waals surface area (Å²) < 4.78 is 0. The molecular formula is C10H19N. The highest BCUT2D eigenvalue weighted by Crippen LogP contribution is 2.44. The highest BCUT2D eigenvalue weighted by atomic mass is 14.6. The minimum atomic E-state index is 0.878. The number of hydrogen-bond acceptors (Lipinski definition) is 1. The van der Waals surface area contributed by atoms with Gasteiger partial charge in [-0.05, 0) is 37.1 Å². The third-order valence-electron chi connectivity index (χ3n) is 3.67. The van der Waals surface area contributed by atoms with Crippen LogP contribution in [0.1, 0.15) is 38.5 Å². The van der Waals surface area contributed by atoms with E-state index in [9.17, 15) is 0 Å². The molecule has 0 heterocycles. The van der Waals surface area contributed by atoms with Gasteiger partial charge in [-0.3, -0.25) is 0 Å². The molecule has 0 aliphatic heterocycles. The van der Waals surface area contributed by atoms with Gasteiger partial charge in [0.1, 0.15) is 0 Å². The van der Waals surface area contributed by atoms with Crippen LogP contribution in [-0.2, 0) is 0 Å². The molecule has 2 fully saturated rings. The van der Waals surface area contributed by atoms with E-state index in [0.717, 1.165) is 24.3 Å². The maximum Gasteiger partial charge on any atom is -0.00487 e. The van der Waals surface area contributed by atoms with Crippen LogP contribution in [-0.4, -0.2) is 6.54 Å². The molecule has 0 aromatic rings. The molecule has 2 N–H and O–H groups in total. The Bertz CT molecular complexity index is 119. The number of rotatable bonds is 1. The number of hydrogen-bond donors (Lipinski definition) is 1. The van der Waals surface area contributed by atoms with E-state index in [1.165, 1.54) is 38.5 Å². The summed E-state index contributed by atoms with van der Waals surface area (Å²) in [4.78, 5) is 0. The van der Waals surface area contributed by atoms with Gasteiger partial charge in [0.15, 0.2) is 0 Å². The van der Waals surface area contributed by atoms with Gasteiger partial charge < -0.3 is 5.73 Å². The molecule has 0 saturated heterocycles. The Hall–Kier alpha value is -0.0400. The van der Waals surface area contributed by atoms with Crippen molar-refractivity contribution in [1.29, 1.82) is 0 Å². The summed E-state index contributed by atoms with van der Waals surface area (Å²) in [5, 5.41) is 0. The Labute approximate surface area is 69.4 Å². The largest absolute Gasteiger partial charge is 0.330 e. The van der Waals surface area contributed by atoms with Crippen LogP contribution in [0, 0.1) is 17.8 Å². The molecule has 0 aromatic heterocycles. The topological polar surface area (TPSA) is 26.0 Å². The smallest absolute Gasteiger partial charge is 0.00487 e. The van der Waals surface area contributed by atoms with Gasteiger partial charge in [0.05, 0.1) is 0 Å². The summed E-state index contributed by atoms with van der Waals surface area (Å²) >= 11 is 0. The first-order valence-electron chi connectivity index (χ1n) is 5.10. The highest BCUT2D eigenvalue weighted by Gasteiger charge is 2.34. The quantitative estimate of drug-likeness (QED) is 0.614. The van der Waals surface area contributed by atoms with E-state index in [1.54, 1.807) is 0 Å². The Morgan fingerprint density at radius 3 is 2.00 bits per heavy atom. The molecule has 0 aromatic carbocycles. The predicted molar refractivity (Wildman–Crippen MR) is 47.2 cm³/mol.